The monoisotopic (exact) mass is 293 g/mol. The molecule has 5 heteroatoms. The van der Waals surface area contributed by atoms with Gasteiger partial charge in [0, 0.05) is 4.88 Å². The van der Waals surface area contributed by atoms with E-state index in [1.54, 1.807) is 17.4 Å². The second kappa shape index (κ2) is 6.52. The number of thiophene rings is 1. The van der Waals surface area contributed by atoms with Crippen LogP contribution in [-0.2, 0) is 0 Å². The average molecular weight is 293 g/mol. The first kappa shape index (κ1) is 14.5. The highest BCUT2D eigenvalue weighted by atomic mass is 32.1. The van der Waals surface area contributed by atoms with Crippen molar-refractivity contribution in [3.63, 3.8) is 0 Å². The zero-order valence-corrected chi connectivity index (χ0v) is 12.2. The van der Waals surface area contributed by atoms with Crippen LogP contribution in [0.5, 0.6) is 5.75 Å². The molecule has 0 saturated carbocycles. The summed E-state index contributed by atoms with van der Waals surface area (Å²) in [5, 5.41) is 4.88. The Morgan fingerprint density at radius 2 is 2.20 bits per heavy atom. The number of ether oxygens (including phenoxy) is 1. The molecule has 0 aliphatic heterocycles. The number of rotatable bonds is 5. The summed E-state index contributed by atoms with van der Waals surface area (Å²) in [4.78, 5) is 13.4. The number of nitrogens with one attached hydrogen (secondary N) is 1. The number of methoxy groups -OCH3 is 1. The second-order valence-electron chi connectivity index (χ2n) is 4.27. The molecule has 2 rings (SSSR count). The van der Waals surface area contributed by atoms with Crippen molar-refractivity contribution in [1.82, 2.24) is 5.32 Å². The van der Waals surface area contributed by atoms with Gasteiger partial charge in [0.1, 0.15) is 0 Å². The molecule has 20 heavy (non-hydrogen) atoms. The molecule has 1 heterocycles. The van der Waals surface area contributed by atoms with Gasteiger partial charge in [0.25, 0.3) is 5.91 Å². The second-order valence-corrected chi connectivity index (χ2v) is 5.25. The molecular weight excluding hydrogens is 277 g/mol. The summed E-state index contributed by atoms with van der Waals surface area (Å²) in [5.74, 6) is -0.892. The molecule has 0 aliphatic rings. The highest BCUT2D eigenvalue weighted by Gasteiger charge is 2.19. The van der Waals surface area contributed by atoms with Crippen molar-refractivity contribution in [1.29, 1.82) is 0 Å². The van der Waals surface area contributed by atoms with Gasteiger partial charge in [-0.3, -0.25) is 4.79 Å². The van der Waals surface area contributed by atoms with Crippen LogP contribution in [0.3, 0.4) is 0 Å². The van der Waals surface area contributed by atoms with Crippen molar-refractivity contribution >= 4 is 17.2 Å². The normalized spacial score (nSPS) is 11.9. The van der Waals surface area contributed by atoms with Gasteiger partial charge in [-0.2, -0.15) is 0 Å². The van der Waals surface area contributed by atoms with Gasteiger partial charge in [0.05, 0.1) is 18.7 Å². The molecule has 0 saturated heterocycles. The fourth-order valence-electron chi connectivity index (χ4n) is 2.00. The smallest absolute Gasteiger partial charge is 0.255 e. The summed E-state index contributed by atoms with van der Waals surface area (Å²) in [6, 6.07) is 8.17. The van der Waals surface area contributed by atoms with Crippen LogP contribution in [0.2, 0.25) is 0 Å². The Morgan fingerprint density at radius 3 is 2.80 bits per heavy atom. The fraction of sp³-hybridized carbons (Fsp3) is 0.267. The number of halogens is 1. The van der Waals surface area contributed by atoms with Gasteiger partial charge >= 0.3 is 0 Å². The highest BCUT2D eigenvalue weighted by molar-refractivity contribution is 7.10. The van der Waals surface area contributed by atoms with Crippen molar-refractivity contribution < 1.29 is 13.9 Å². The Balaban J connectivity index is 2.22. The van der Waals surface area contributed by atoms with E-state index in [1.165, 1.54) is 19.2 Å². The Morgan fingerprint density at radius 1 is 1.40 bits per heavy atom. The Labute approximate surface area is 121 Å². The SMILES string of the molecule is CC[C@@H](NC(=O)c1cccc(F)c1OC)c1cccs1. The molecule has 1 aromatic carbocycles. The standard InChI is InChI=1S/C15H16FNO2S/c1-3-12(13-8-5-9-20-13)17-15(18)10-6-4-7-11(16)14(10)19-2/h4-9,12H,3H2,1-2H3,(H,17,18)/t12-/m1/s1. The van der Waals surface area contributed by atoms with Crippen LogP contribution in [-0.4, -0.2) is 13.0 Å². The maximum absolute atomic E-state index is 13.6. The molecular formula is C15H16FNO2S. The third-order valence-corrected chi connectivity index (χ3v) is 4.00. The quantitative estimate of drug-likeness (QED) is 0.911. The molecule has 1 amide bonds. The molecule has 0 fully saturated rings. The van der Waals surface area contributed by atoms with Gasteiger partial charge in [-0.25, -0.2) is 4.39 Å². The summed E-state index contributed by atoms with van der Waals surface area (Å²) in [5.41, 5.74) is 0.211. The van der Waals surface area contributed by atoms with E-state index in [9.17, 15) is 9.18 Å². The lowest BCUT2D eigenvalue weighted by Crippen LogP contribution is -2.28. The zero-order valence-electron chi connectivity index (χ0n) is 11.4. The molecule has 0 radical (unpaired) electrons. The van der Waals surface area contributed by atoms with Crippen molar-refractivity contribution in [3.8, 4) is 5.75 Å². The first-order chi connectivity index (χ1) is 9.67. The maximum Gasteiger partial charge on any atom is 0.255 e. The van der Waals surface area contributed by atoms with Crippen LogP contribution in [0.25, 0.3) is 0 Å². The number of hydrogen-bond donors (Lipinski definition) is 1. The number of hydrogen-bond acceptors (Lipinski definition) is 3. The van der Waals surface area contributed by atoms with Gasteiger partial charge in [-0.15, -0.1) is 11.3 Å². The minimum atomic E-state index is -0.538. The maximum atomic E-state index is 13.6. The van der Waals surface area contributed by atoms with Gasteiger partial charge in [-0.05, 0) is 30.0 Å². The van der Waals surface area contributed by atoms with Gasteiger partial charge in [0.15, 0.2) is 11.6 Å². The van der Waals surface area contributed by atoms with Gasteiger partial charge in [-0.1, -0.05) is 19.1 Å². The van der Waals surface area contributed by atoms with Crippen LogP contribution >= 0.6 is 11.3 Å². The molecule has 0 spiro atoms. The third-order valence-electron chi connectivity index (χ3n) is 3.02. The number of carbonyl (C=O) groups excluding carboxylic acids is 1. The van der Waals surface area contributed by atoms with Crippen LogP contribution in [0.4, 0.5) is 4.39 Å². The zero-order chi connectivity index (χ0) is 14.5. The topological polar surface area (TPSA) is 38.3 Å². The largest absolute Gasteiger partial charge is 0.493 e. The summed E-state index contributed by atoms with van der Waals surface area (Å²) >= 11 is 1.59. The summed E-state index contributed by atoms with van der Waals surface area (Å²) in [7, 11) is 1.35. The Bertz CT molecular complexity index is 584. The first-order valence-corrected chi connectivity index (χ1v) is 7.22. The number of para-hydroxylation sites is 1. The lowest BCUT2D eigenvalue weighted by atomic mass is 10.1. The van der Waals surface area contributed by atoms with Crippen molar-refractivity contribution in [2.24, 2.45) is 0 Å². The van der Waals surface area contributed by atoms with E-state index in [1.807, 2.05) is 24.4 Å². The summed E-state index contributed by atoms with van der Waals surface area (Å²) in [6.07, 6.45) is 0.768. The van der Waals surface area contributed by atoms with Gasteiger partial charge < -0.3 is 10.1 Å². The Hall–Kier alpha value is -1.88. The lowest BCUT2D eigenvalue weighted by Gasteiger charge is -2.16. The number of benzene rings is 1. The molecule has 1 atom stereocenters. The van der Waals surface area contributed by atoms with E-state index in [4.69, 9.17) is 4.74 Å². The number of carbonyl (C=O) groups is 1. The molecule has 2 aromatic rings. The molecule has 0 unspecified atom stereocenters. The molecule has 106 valence electrons. The average Bonchev–Trinajstić information content (AvgIpc) is 2.98. The molecule has 1 N–H and O–H groups in total. The Kier molecular flexibility index (Phi) is 4.74. The van der Waals surface area contributed by atoms with E-state index >= 15 is 0 Å². The summed E-state index contributed by atoms with van der Waals surface area (Å²) < 4.78 is 18.6. The van der Waals surface area contributed by atoms with E-state index < -0.39 is 5.82 Å². The fourth-order valence-corrected chi connectivity index (χ4v) is 2.86. The van der Waals surface area contributed by atoms with E-state index in [2.05, 4.69) is 5.32 Å². The van der Waals surface area contributed by atoms with E-state index in [0.29, 0.717) is 0 Å². The number of amides is 1. The van der Waals surface area contributed by atoms with Crippen LogP contribution in [0, 0.1) is 5.82 Å². The van der Waals surface area contributed by atoms with E-state index in [-0.39, 0.29) is 23.3 Å². The predicted molar refractivity (Wildman–Crippen MR) is 77.8 cm³/mol. The van der Waals surface area contributed by atoms with Crippen LogP contribution in [0.1, 0.15) is 34.6 Å². The van der Waals surface area contributed by atoms with Crippen molar-refractivity contribution in [2.45, 2.75) is 19.4 Å². The molecule has 0 bridgehead atoms. The lowest BCUT2D eigenvalue weighted by molar-refractivity contribution is 0.0932. The molecule has 3 nitrogen and oxygen atoms in total. The minimum absolute atomic E-state index is 0.0222. The molecule has 1 aromatic heterocycles. The summed E-state index contributed by atoms with van der Waals surface area (Å²) in [6.45, 7) is 1.99. The van der Waals surface area contributed by atoms with Crippen LogP contribution in [0.15, 0.2) is 35.7 Å². The van der Waals surface area contributed by atoms with Crippen molar-refractivity contribution in [2.75, 3.05) is 7.11 Å². The predicted octanol–water partition coefficient (Wildman–Crippen LogP) is 3.78. The first-order valence-electron chi connectivity index (χ1n) is 6.34. The molecule has 0 aliphatic carbocycles. The minimum Gasteiger partial charge on any atom is -0.493 e. The third kappa shape index (κ3) is 2.99. The van der Waals surface area contributed by atoms with Gasteiger partial charge in [0.2, 0.25) is 0 Å². The van der Waals surface area contributed by atoms with Crippen molar-refractivity contribution in [3.05, 3.63) is 52.0 Å². The van der Waals surface area contributed by atoms with E-state index in [0.717, 1.165) is 11.3 Å². The van der Waals surface area contributed by atoms with Crippen LogP contribution < -0.4 is 10.1 Å². The highest BCUT2D eigenvalue weighted by Crippen LogP contribution is 2.25.